The average Bonchev–Trinajstić information content (AvgIpc) is 2.34. The number of nitrogens with one attached hydrogen (secondary N) is 1. The first-order valence-corrected chi connectivity index (χ1v) is 7.09. The maximum Gasteiger partial charge on any atom is 0.125 e. The van der Waals surface area contributed by atoms with E-state index in [0.717, 1.165) is 5.69 Å². The lowest BCUT2D eigenvalue weighted by Crippen LogP contribution is -1.94. The van der Waals surface area contributed by atoms with Crippen molar-refractivity contribution in [2.45, 2.75) is 0 Å². The monoisotopic (exact) mass is 402 g/mol. The van der Waals surface area contributed by atoms with E-state index in [4.69, 9.17) is 16.9 Å². The number of nitriles is 1. The van der Waals surface area contributed by atoms with Crippen LogP contribution >= 0.6 is 43.5 Å². The largest absolute Gasteiger partial charge is 0.353 e. The Morgan fingerprint density at radius 2 is 1.89 bits per heavy atom. The van der Waals surface area contributed by atoms with Crippen molar-refractivity contribution in [1.29, 1.82) is 5.26 Å². The van der Waals surface area contributed by atoms with Crippen LogP contribution < -0.4 is 5.32 Å². The molecule has 2 aromatic rings. The number of hydrogen-bond acceptors (Lipinski definition) is 2. The van der Waals surface area contributed by atoms with Crippen LogP contribution in [-0.4, -0.2) is 0 Å². The number of rotatable bonds is 2. The Balaban J connectivity index is 2.37. The topological polar surface area (TPSA) is 35.8 Å². The minimum absolute atomic E-state index is 0.271. The molecule has 0 aromatic heterocycles. The molecule has 0 saturated heterocycles. The molecule has 19 heavy (non-hydrogen) atoms. The summed E-state index contributed by atoms with van der Waals surface area (Å²) in [7, 11) is 0. The molecule has 96 valence electrons. The van der Waals surface area contributed by atoms with E-state index in [1.165, 1.54) is 12.1 Å². The van der Waals surface area contributed by atoms with E-state index < -0.39 is 5.82 Å². The second kappa shape index (κ2) is 5.91. The van der Waals surface area contributed by atoms with Gasteiger partial charge in [-0.15, -0.1) is 0 Å². The summed E-state index contributed by atoms with van der Waals surface area (Å²) in [6.45, 7) is 0. The van der Waals surface area contributed by atoms with Gasteiger partial charge >= 0.3 is 0 Å². The van der Waals surface area contributed by atoms with E-state index >= 15 is 0 Å². The van der Waals surface area contributed by atoms with E-state index in [1.807, 2.05) is 0 Å². The van der Waals surface area contributed by atoms with E-state index in [0.29, 0.717) is 20.2 Å². The molecule has 2 aromatic carbocycles. The van der Waals surface area contributed by atoms with Crippen molar-refractivity contribution >= 4 is 54.8 Å². The third-order valence-corrected chi connectivity index (χ3v) is 3.95. The molecule has 0 amide bonds. The minimum Gasteiger partial charge on any atom is -0.353 e. The number of nitrogens with zero attached hydrogens (tertiary/aromatic N) is 1. The average molecular weight is 404 g/mol. The Morgan fingerprint density at radius 3 is 2.47 bits per heavy atom. The Bertz CT molecular complexity index is 660. The van der Waals surface area contributed by atoms with Gasteiger partial charge in [0.1, 0.15) is 11.9 Å². The van der Waals surface area contributed by atoms with E-state index in [-0.39, 0.29) is 5.02 Å². The van der Waals surface area contributed by atoms with Crippen LogP contribution in [0.25, 0.3) is 0 Å². The molecule has 2 nitrogen and oxygen atoms in total. The van der Waals surface area contributed by atoms with Gasteiger partial charge in [-0.2, -0.15) is 5.26 Å². The number of halogens is 4. The minimum atomic E-state index is -0.413. The van der Waals surface area contributed by atoms with Gasteiger partial charge in [0.15, 0.2) is 0 Å². The molecule has 2 rings (SSSR count). The van der Waals surface area contributed by atoms with Crippen molar-refractivity contribution in [2.75, 3.05) is 5.32 Å². The number of benzene rings is 2. The van der Waals surface area contributed by atoms with Crippen LogP contribution in [0, 0.1) is 17.1 Å². The van der Waals surface area contributed by atoms with Crippen LogP contribution in [-0.2, 0) is 0 Å². The lowest BCUT2D eigenvalue weighted by Gasteiger charge is -2.11. The molecule has 0 aliphatic carbocycles. The van der Waals surface area contributed by atoms with Crippen molar-refractivity contribution < 1.29 is 4.39 Å². The van der Waals surface area contributed by atoms with Crippen LogP contribution in [0.1, 0.15) is 5.56 Å². The van der Waals surface area contributed by atoms with Gasteiger partial charge in [0.25, 0.3) is 0 Å². The summed E-state index contributed by atoms with van der Waals surface area (Å²) in [6, 6.07) is 9.79. The molecule has 0 fully saturated rings. The van der Waals surface area contributed by atoms with E-state index in [1.54, 1.807) is 18.2 Å². The third kappa shape index (κ3) is 3.27. The zero-order chi connectivity index (χ0) is 14.0. The Labute approximate surface area is 131 Å². The molecule has 0 spiro atoms. The molecule has 0 unspecified atom stereocenters. The number of anilines is 2. The maximum atomic E-state index is 13.1. The SMILES string of the molecule is N#Cc1ccc(Nc2c(Cl)cc(F)cc2Br)cc1Br. The maximum absolute atomic E-state index is 13.1. The summed E-state index contributed by atoms with van der Waals surface area (Å²) in [5.74, 6) is -0.413. The van der Waals surface area contributed by atoms with Gasteiger partial charge in [0.05, 0.1) is 16.3 Å². The van der Waals surface area contributed by atoms with Crippen LogP contribution in [0.15, 0.2) is 39.3 Å². The fourth-order valence-electron chi connectivity index (χ4n) is 1.49. The van der Waals surface area contributed by atoms with Crippen molar-refractivity contribution in [1.82, 2.24) is 0 Å². The summed E-state index contributed by atoms with van der Waals surface area (Å²) in [6.07, 6.45) is 0. The standard InChI is InChI=1S/C13H6Br2ClFN2/c14-10-5-9(2-1-7(10)6-18)19-13-11(15)3-8(17)4-12(13)16/h1-5,19H. The van der Waals surface area contributed by atoms with Gasteiger partial charge in [0.2, 0.25) is 0 Å². The fraction of sp³-hybridized carbons (Fsp3) is 0. The second-order valence-corrected chi connectivity index (χ2v) is 5.79. The highest BCUT2D eigenvalue weighted by atomic mass is 79.9. The normalized spacial score (nSPS) is 10.1. The molecule has 0 bridgehead atoms. The molecule has 0 atom stereocenters. The van der Waals surface area contributed by atoms with Crippen molar-refractivity contribution in [3.8, 4) is 6.07 Å². The van der Waals surface area contributed by atoms with Crippen molar-refractivity contribution in [3.05, 3.63) is 55.7 Å². The molecule has 0 aliphatic heterocycles. The summed E-state index contributed by atoms with van der Waals surface area (Å²) < 4.78 is 14.3. The van der Waals surface area contributed by atoms with Crippen molar-refractivity contribution in [2.24, 2.45) is 0 Å². The Hall–Kier alpha value is -1.09. The highest BCUT2D eigenvalue weighted by Gasteiger charge is 2.09. The molecule has 6 heteroatoms. The summed E-state index contributed by atoms with van der Waals surface area (Å²) in [5.41, 5.74) is 1.84. The molecule has 0 saturated carbocycles. The van der Waals surface area contributed by atoms with Gasteiger partial charge in [-0.05, 0) is 62.2 Å². The Morgan fingerprint density at radius 1 is 1.16 bits per heavy atom. The second-order valence-electron chi connectivity index (χ2n) is 3.68. The van der Waals surface area contributed by atoms with Gasteiger partial charge in [-0.1, -0.05) is 11.6 Å². The lowest BCUT2D eigenvalue weighted by atomic mass is 10.2. The summed E-state index contributed by atoms with van der Waals surface area (Å²) >= 11 is 12.5. The molecule has 0 aliphatic rings. The van der Waals surface area contributed by atoms with Crippen LogP contribution in [0.5, 0.6) is 0 Å². The summed E-state index contributed by atoms with van der Waals surface area (Å²) in [5, 5.41) is 12.2. The highest BCUT2D eigenvalue weighted by molar-refractivity contribution is 9.11. The molecular formula is C13H6Br2ClFN2. The van der Waals surface area contributed by atoms with E-state index in [2.05, 4.69) is 43.2 Å². The van der Waals surface area contributed by atoms with Gasteiger partial charge in [-0.3, -0.25) is 0 Å². The Kier molecular flexibility index (Phi) is 4.46. The predicted molar refractivity (Wildman–Crippen MR) is 81.2 cm³/mol. The molecule has 0 radical (unpaired) electrons. The quantitative estimate of drug-likeness (QED) is 0.705. The van der Waals surface area contributed by atoms with Crippen LogP contribution in [0.4, 0.5) is 15.8 Å². The number of hydrogen-bond donors (Lipinski definition) is 1. The zero-order valence-corrected chi connectivity index (χ0v) is 13.3. The molecular weight excluding hydrogens is 398 g/mol. The van der Waals surface area contributed by atoms with Gasteiger partial charge < -0.3 is 5.32 Å². The smallest absolute Gasteiger partial charge is 0.125 e. The van der Waals surface area contributed by atoms with E-state index in [9.17, 15) is 4.39 Å². The van der Waals surface area contributed by atoms with Crippen molar-refractivity contribution in [3.63, 3.8) is 0 Å². The lowest BCUT2D eigenvalue weighted by molar-refractivity contribution is 0.627. The van der Waals surface area contributed by atoms with Crippen LogP contribution in [0.3, 0.4) is 0 Å². The van der Waals surface area contributed by atoms with Gasteiger partial charge in [0, 0.05) is 14.6 Å². The van der Waals surface area contributed by atoms with Gasteiger partial charge in [-0.25, -0.2) is 4.39 Å². The third-order valence-electron chi connectivity index (χ3n) is 2.37. The first kappa shape index (κ1) is 14.3. The zero-order valence-electron chi connectivity index (χ0n) is 9.35. The first-order chi connectivity index (χ1) is 9.01. The summed E-state index contributed by atoms with van der Waals surface area (Å²) in [4.78, 5) is 0. The molecule has 0 heterocycles. The first-order valence-electron chi connectivity index (χ1n) is 5.12. The highest BCUT2D eigenvalue weighted by Crippen LogP contribution is 2.34. The fourth-order valence-corrected chi connectivity index (χ4v) is 2.86. The predicted octanol–water partition coefficient (Wildman–Crippen LogP) is 5.62. The molecule has 1 N–H and O–H groups in total. The van der Waals surface area contributed by atoms with Crippen LogP contribution in [0.2, 0.25) is 5.02 Å².